The van der Waals surface area contributed by atoms with Crippen molar-refractivity contribution in [3.63, 3.8) is 0 Å². The first-order chi connectivity index (χ1) is 27.3. The van der Waals surface area contributed by atoms with E-state index in [9.17, 15) is 30.3 Å². The molecule has 9 nitrogen and oxygen atoms in total. The number of aliphatic hydroxyl groups excluding tert-OH is 5. The molecule has 0 saturated carbocycles. The van der Waals surface area contributed by atoms with Crippen LogP contribution in [0.5, 0.6) is 0 Å². The fourth-order valence-corrected chi connectivity index (χ4v) is 6.64. The molecule has 7 atom stereocenters. The monoisotopic (exact) mass is 790 g/mol. The Morgan fingerprint density at radius 2 is 1.11 bits per heavy atom. The SMILES string of the molecule is CCC/C=C\C/C=C\CCCCCCCC(=O)NC(COC1OC(CO)C(O)C(O)C1O)C(O)/C=C/CC/C=C/CC/C=C/CCCCCCCCCCCC. The summed E-state index contributed by atoms with van der Waals surface area (Å²) in [6.45, 7) is 3.66. The molecule has 1 aliphatic rings. The van der Waals surface area contributed by atoms with Gasteiger partial charge < -0.3 is 40.3 Å². The van der Waals surface area contributed by atoms with Crippen molar-refractivity contribution in [2.45, 2.75) is 217 Å². The van der Waals surface area contributed by atoms with E-state index in [0.717, 1.165) is 77.0 Å². The molecule has 0 radical (unpaired) electrons. The summed E-state index contributed by atoms with van der Waals surface area (Å²) in [6, 6.07) is -0.836. The van der Waals surface area contributed by atoms with Crippen LogP contribution in [0, 0.1) is 0 Å². The van der Waals surface area contributed by atoms with Crippen LogP contribution in [0.25, 0.3) is 0 Å². The van der Waals surface area contributed by atoms with Crippen molar-refractivity contribution < 1.29 is 39.8 Å². The van der Waals surface area contributed by atoms with Gasteiger partial charge in [0.05, 0.1) is 25.4 Å². The number of carbonyl (C=O) groups is 1. The summed E-state index contributed by atoms with van der Waals surface area (Å²) in [7, 11) is 0. The number of hydrogen-bond donors (Lipinski definition) is 6. The minimum absolute atomic E-state index is 0.209. The zero-order valence-electron chi connectivity index (χ0n) is 35.4. The average molecular weight is 790 g/mol. The molecule has 0 bridgehead atoms. The maximum absolute atomic E-state index is 12.9. The van der Waals surface area contributed by atoms with Gasteiger partial charge in [-0.2, -0.15) is 0 Å². The molecule has 0 aromatic rings. The van der Waals surface area contributed by atoms with Gasteiger partial charge in [-0.05, 0) is 70.6 Å². The van der Waals surface area contributed by atoms with Crippen LogP contribution in [-0.2, 0) is 14.3 Å². The van der Waals surface area contributed by atoms with Gasteiger partial charge in [0.15, 0.2) is 6.29 Å². The van der Waals surface area contributed by atoms with E-state index in [1.807, 2.05) is 6.08 Å². The average Bonchev–Trinajstić information content (AvgIpc) is 3.20. The summed E-state index contributed by atoms with van der Waals surface area (Å²) in [6.07, 6.45) is 41.2. The van der Waals surface area contributed by atoms with Crippen LogP contribution in [0.1, 0.15) is 174 Å². The third kappa shape index (κ3) is 27.5. The van der Waals surface area contributed by atoms with E-state index in [1.54, 1.807) is 6.08 Å². The van der Waals surface area contributed by atoms with Crippen LogP contribution in [0.15, 0.2) is 60.8 Å². The molecule has 9 heteroatoms. The van der Waals surface area contributed by atoms with E-state index < -0.39 is 49.5 Å². The number of amides is 1. The van der Waals surface area contributed by atoms with Gasteiger partial charge in [-0.15, -0.1) is 0 Å². The summed E-state index contributed by atoms with van der Waals surface area (Å²) in [5.41, 5.74) is 0. The van der Waals surface area contributed by atoms with Crippen molar-refractivity contribution in [3.8, 4) is 0 Å². The van der Waals surface area contributed by atoms with E-state index >= 15 is 0 Å². The summed E-state index contributed by atoms with van der Waals surface area (Å²) < 4.78 is 11.2. The lowest BCUT2D eigenvalue weighted by Crippen LogP contribution is -2.60. The minimum atomic E-state index is -1.58. The summed E-state index contributed by atoms with van der Waals surface area (Å²) in [5.74, 6) is -0.209. The smallest absolute Gasteiger partial charge is 0.220 e. The van der Waals surface area contributed by atoms with Gasteiger partial charge in [0.1, 0.15) is 24.4 Å². The Labute approximate surface area is 341 Å². The lowest BCUT2D eigenvalue weighted by molar-refractivity contribution is -0.302. The van der Waals surface area contributed by atoms with Crippen molar-refractivity contribution in [1.29, 1.82) is 0 Å². The quantitative estimate of drug-likeness (QED) is 0.0272. The molecule has 1 heterocycles. The molecule has 0 aromatic carbocycles. The topological polar surface area (TPSA) is 149 Å². The summed E-state index contributed by atoms with van der Waals surface area (Å²) in [5, 5.41) is 54.1. The molecule has 0 aromatic heterocycles. The highest BCUT2D eigenvalue weighted by molar-refractivity contribution is 5.76. The second-order valence-electron chi connectivity index (χ2n) is 15.5. The number of hydrogen-bond acceptors (Lipinski definition) is 8. The normalized spacial score (nSPS) is 21.7. The van der Waals surface area contributed by atoms with Crippen LogP contribution in [-0.4, -0.2) is 87.5 Å². The zero-order chi connectivity index (χ0) is 40.9. The van der Waals surface area contributed by atoms with Crippen molar-refractivity contribution in [2.75, 3.05) is 13.2 Å². The van der Waals surface area contributed by atoms with Crippen LogP contribution in [0.3, 0.4) is 0 Å². The molecule has 0 aliphatic carbocycles. The Balaban J connectivity index is 2.42. The fraction of sp³-hybridized carbons (Fsp3) is 0.766. The van der Waals surface area contributed by atoms with Crippen molar-refractivity contribution in [3.05, 3.63) is 60.8 Å². The number of rotatable bonds is 36. The molecule has 324 valence electrons. The molecule has 1 fully saturated rings. The molecule has 0 spiro atoms. The predicted molar refractivity (Wildman–Crippen MR) is 230 cm³/mol. The molecular weight excluding hydrogens is 707 g/mol. The Hall–Kier alpha value is -2.11. The van der Waals surface area contributed by atoms with Crippen molar-refractivity contribution >= 4 is 5.91 Å². The molecule has 1 saturated heterocycles. The fourth-order valence-electron chi connectivity index (χ4n) is 6.64. The van der Waals surface area contributed by atoms with E-state index in [-0.39, 0.29) is 12.5 Å². The van der Waals surface area contributed by atoms with E-state index in [1.165, 1.54) is 77.0 Å². The molecule has 1 rings (SSSR count). The first-order valence-corrected chi connectivity index (χ1v) is 22.5. The Morgan fingerprint density at radius 3 is 1.68 bits per heavy atom. The van der Waals surface area contributed by atoms with Gasteiger partial charge in [-0.25, -0.2) is 0 Å². The van der Waals surface area contributed by atoms with Crippen LogP contribution in [0.2, 0.25) is 0 Å². The van der Waals surface area contributed by atoms with Gasteiger partial charge in [0, 0.05) is 6.42 Å². The number of allylic oxidation sites excluding steroid dienone is 9. The van der Waals surface area contributed by atoms with Gasteiger partial charge >= 0.3 is 0 Å². The lowest BCUT2D eigenvalue weighted by Gasteiger charge is -2.40. The van der Waals surface area contributed by atoms with E-state index in [2.05, 4.69) is 67.8 Å². The number of carbonyl (C=O) groups excluding carboxylic acids is 1. The number of aliphatic hydroxyl groups is 5. The first-order valence-electron chi connectivity index (χ1n) is 22.5. The molecule has 1 amide bonds. The van der Waals surface area contributed by atoms with Crippen LogP contribution in [0.4, 0.5) is 0 Å². The highest BCUT2D eigenvalue weighted by atomic mass is 16.7. The standard InChI is InChI=1S/C47H83NO8/c1-3-5-7-9-11-13-15-17-18-19-20-21-22-23-25-26-28-30-32-34-36-41(50)40(39-55-47-46(54)45(53)44(52)42(38-49)56-47)48-43(51)37-35-33-31-29-27-24-16-14-12-10-8-6-4-2/h8,10,14,16,21-22,26,28,34,36,40-42,44-47,49-50,52-54H,3-7,9,11-13,15,17-20,23-25,27,29-33,35,37-39H2,1-2H3,(H,48,51)/b10-8-,16-14-,22-21+,28-26+,36-34+. The lowest BCUT2D eigenvalue weighted by atomic mass is 9.99. The molecular formula is C47H83NO8. The minimum Gasteiger partial charge on any atom is -0.394 e. The predicted octanol–water partition coefficient (Wildman–Crippen LogP) is 9.22. The number of nitrogens with one attached hydrogen (secondary N) is 1. The van der Waals surface area contributed by atoms with Crippen LogP contribution < -0.4 is 5.32 Å². The van der Waals surface area contributed by atoms with Gasteiger partial charge in [-0.1, -0.05) is 158 Å². The largest absolute Gasteiger partial charge is 0.394 e. The van der Waals surface area contributed by atoms with Crippen LogP contribution >= 0.6 is 0 Å². The third-order valence-electron chi connectivity index (χ3n) is 10.3. The number of ether oxygens (including phenoxy) is 2. The number of unbranched alkanes of at least 4 members (excludes halogenated alkanes) is 18. The summed E-state index contributed by atoms with van der Waals surface area (Å²) in [4.78, 5) is 12.9. The van der Waals surface area contributed by atoms with Crippen molar-refractivity contribution in [2.24, 2.45) is 0 Å². The second-order valence-corrected chi connectivity index (χ2v) is 15.5. The molecule has 56 heavy (non-hydrogen) atoms. The Morgan fingerprint density at radius 1 is 0.607 bits per heavy atom. The molecule has 1 aliphatic heterocycles. The maximum Gasteiger partial charge on any atom is 0.220 e. The molecule has 6 N–H and O–H groups in total. The highest BCUT2D eigenvalue weighted by Gasteiger charge is 2.44. The first kappa shape index (κ1) is 51.9. The summed E-state index contributed by atoms with van der Waals surface area (Å²) >= 11 is 0. The van der Waals surface area contributed by atoms with Gasteiger partial charge in [0.25, 0.3) is 0 Å². The third-order valence-corrected chi connectivity index (χ3v) is 10.3. The van der Waals surface area contributed by atoms with Crippen molar-refractivity contribution in [1.82, 2.24) is 5.32 Å². The van der Waals surface area contributed by atoms with E-state index in [4.69, 9.17) is 9.47 Å². The Kier molecular flexibility index (Phi) is 34.5. The Bertz CT molecular complexity index is 1060. The highest BCUT2D eigenvalue weighted by Crippen LogP contribution is 2.22. The van der Waals surface area contributed by atoms with Gasteiger partial charge in [0.2, 0.25) is 5.91 Å². The molecule has 7 unspecified atom stereocenters. The zero-order valence-corrected chi connectivity index (χ0v) is 35.4. The van der Waals surface area contributed by atoms with E-state index in [0.29, 0.717) is 6.42 Å². The maximum atomic E-state index is 12.9. The second kappa shape index (κ2) is 37.2. The van der Waals surface area contributed by atoms with Gasteiger partial charge in [-0.3, -0.25) is 4.79 Å².